The highest BCUT2D eigenvalue weighted by molar-refractivity contribution is 5.82. The maximum atomic E-state index is 12.2. The van der Waals surface area contributed by atoms with E-state index in [9.17, 15) is 14.7 Å². The molecule has 0 saturated carbocycles. The van der Waals surface area contributed by atoms with Gasteiger partial charge in [0.15, 0.2) is 0 Å². The Morgan fingerprint density at radius 2 is 2.19 bits per heavy atom. The van der Waals surface area contributed by atoms with Crippen molar-refractivity contribution in [1.29, 1.82) is 0 Å². The van der Waals surface area contributed by atoms with Gasteiger partial charge in [-0.1, -0.05) is 17.7 Å². The second kappa shape index (κ2) is 8.53. The molecular formula is C20H23N3O4. The summed E-state index contributed by atoms with van der Waals surface area (Å²) in [6, 6.07) is 6.64. The Bertz CT molecular complexity index is 985. The van der Waals surface area contributed by atoms with Crippen LogP contribution in [-0.4, -0.2) is 34.5 Å². The van der Waals surface area contributed by atoms with Crippen LogP contribution in [0.25, 0.3) is 5.69 Å². The first-order chi connectivity index (χ1) is 13.1. The Hall–Kier alpha value is -3.09. The van der Waals surface area contributed by atoms with Crippen LogP contribution < -0.4 is 16.0 Å². The highest BCUT2D eigenvalue weighted by Crippen LogP contribution is 2.21. The van der Waals surface area contributed by atoms with Gasteiger partial charge in [0.05, 0.1) is 12.8 Å². The molecule has 142 valence electrons. The van der Waals surface area contributed by atoms with E-state index >= 15 is 0 Å². The van der Waals surface area contributed by atoms with Crippen molar-refractivity contribution in [3.63, 3.8) is 0 Å². The first-order valence-corrected chi connectivity index (χ1v) is 9.00. The molecule has 1 aliphatic carbocycles. The van der Waals surface area contributed by atoms with Crippen LogP contribution in [0.5, 0.6) is 11.6 Å². The lowest BCUT2D eigenvalue weighted by Crippen LogP contribution is -2.31. The van der Waals surface area contributed by atoms with Crippen LogP contribution in [0.4, 0.5) is 0 Å². The standard InChI is InChI=1S/C20H23N3O4/c1-27-16-9-5-8-15(12-16)23-19(25)17(18(24)22-20(23)26)13-21-11-10-14-6-3-2-4-7-14/h5-6,8-9,12-13,25H,2-4,7,10-11H2,1H3,(H,22,24,26). The summed E-state index contributed by atoms with van der Waals surface area (Å²) in [5.74, 6) is 0.0820. The maximum absolute atomic E-state index is 12.2. The molecule has 1 aromatic carbocycles. The summed E-state index contributed by atoms with van der Waals surface area (Å²) in [5, 5.41) is 10.5. The number of aliphatic imine (C=N–C) groups is 1. The normalized spacial score (nSPS) is 14.3. The van der Waals surface area contributed by atoms with E-state index in [-0.39, 0.29) is 5.56 Å². The summed E-state index contributed by atoms with van der Waals surface area (Å²) >= 11 is 0. The van der Waals surface area contributed by atoms with Gasteiger partial charge in [0.1, 0.15) is 11.3 Å². The number of allylic oxidation sites excluding steroid dienone is 1. The number of hydrogen-bond acceptors (Lipinski definition) is 5. The van der Waals surface area contributed by atoms with Crippen LogP contribution >= 0.6 is 0 Å². The first kappa shape index (κ1) is 18.7. The van der Waals surface area contributed by atoms with Gasteiger partial charge >= 0.3 is 5.69 Å². The van der Waals surface area contributed by atoms with Crippen molar-refractivity contribution in [2.75, 3.05) is 13.7 Å². The van der Waals surface area contributed by atoms with Crippen LogP contribution in [0.3, 0.4) is 0 Å². The lowest BCUT2D eigenvalue weighted by Gasteiger charge is -2.11. The van der Waals surface area contributed by atoms with Crippen LogP contribution in [0.2, 0.25) is 0 Å². The largest absolute Gasteiger partial charge is 0.497 e. The van der Waals surface area contributed by atoms with E-state index in [0.717, 1.165) is 23.8 Å². The Balaban J connectivity index is 1.87. The highest BCUT2D eigenvalue weighted by atomic mass is 16.5. The van der Waals surface area contributed by atoms with Crippen molar-refractivity contribution in [1.82, 2.24) is 9.55 Å². The second-order valence-corrected chi connectivity index (χ2v) is 6.43. The molecule has 7 nitrogen and oxygen atoms in total. The van der Waals surface area contributed by atoms with Crippen LogP contribution in [0.1, 0.15) is 37.7 Å². The molecule has 0 aliphatic heterocycles. The molecule has 0 radical (unpaired) electrons. The Morgan fingerprint density at radius 3 is 2.93 bits per heavy atom. The topological polar surface area (TPSA) is 96.7 Å². The molecule has 1 aromatic heterocycles. The van der Waals surface area contributed by atoms with E-state index in [1.807, 2.05) is 0 Å². The maximum Gasteiger partial charge on any atom is 0.335 e. The minimum atomic E-state index is -0.727. The third kappa shape index (κ3) is 4.36. The number of methoxy groups -OCH3 is 1. The quantitative estimate of drug-likeness (QED) is 0.604. The Kier molecular flexibility index (Phi) is 5.90. The predicted octanol–water partition coefficient (Wildman–Crippen LogP) is 2.55. The lowest BCUT2D eigenvalue weighted by atomic mass is 9.97. The summed E-state index contributed by atoms with van der Waals surface area (Å²) in [5.41, 5.74) is 0.329. The smallest absolute Gasteiger partial charge is 0.335 e. The number of aromatic nitrogens is 2. The molecule has 7 heteroatoms. The highest BCUT2D eigenvalue weighted by Gasteiger charge is 2.14. The molecule has 1 heterocycles. The van der Waals surface area contributed by atoms with Crippen molar-refractivity contribution in [2.24, 2.45) is 4.99 Å². The van der Waals surface area contributed by atoms with Crippen molar-refractivity contribution >= 4 is 6.21 Å². The van der Waals surface area contributed by atoms with Crippen molar-refractivity contribution in [3.05, 3.63) is 62.3 Å². The number of aromatic hydroxyl groups is 1. The van der Waals surface area contributed by atoms with Crippen LogP contribution in [0, 0.1) is 0 Å². The fourth-order valence-electron chi connectivity index (χ4n) is 3.14. The summed E-state index contributed by atoms with van der Waals surface area (Å²) in [4.78, 5) is 30.8. The number of hydrogen-bond donors (Lipinski definition) is 2. The Labute approximate surface area is 156 Å². The van der Waals surface area contributed by atoms with E-state index in [1.165, 1.54) is 31.7 Å². The van der Waals surface area contributed by atoms with Gasteiger partial charge in [-0.2, -0.15) is 0 Å². The van der Waals surface area contributed by atoms with Crippen LogP contribution in [0.15, 0.2) is 50.5 Å². The number of nitrogens with zero attached hydrogens (tertiary/aromatic N) is 2. The second-order valence-electron chi connectivity index (χ2n) is 6.43. The zero-order valence-corrected chi connectivity index (χ0v) is 15.3. The number of ether oxygens (including phenoxy) is 1. The summed E-state index contributed by atoms with van der Waals surface area (Å²) in [6.07, 6.45) is 9.08. The van der Waals surface area contributed by atoms with Crippen LogP contribution in [-0.2, 0) is 0 Å². The van der Waals surface area contributed by atoms with Crippen molar-refractivity contribution in [3.8, 4) is 17.3 Å². The van der Waals surface area contributed by atoms with Gasteiger partial charge in [0.25, 0.3) is 5.56 Å². The van der Waals surface area contributed by atoms with E-state index < -0.39 is 17.1 Å². The third-order valence-electron chi connectivity index (χ3n) is 4.60. The SMILES string of the molecule is COc1cccc(-n2c(O)c(C=NCCC3=CCCCC3)c(=O)[nH]c2=O)c1. The molecule has 27 heavy (non-hydrogen) atoms. The minimum Gasteiger partial charge on any atom is -0.497 e. The van der Waals surface area contributed by atoms with E-state index in [2.05, 4.69) is 16.1 Å². The molecule has 1 aliphatic rings. The predicted molar refractivity (Wildman–Crippen MR) is 105 cm³/mol. The van der Waals surface area contributed by atoms with Gasteiger partial charge in [-0.3, -0.25) is 14.8 Å². The molecule has 0 fully saturated rings. The summed E-state index contributed by atoms with van der Waals surface area (Å²) in [6.45, 7) is 0.531. The summed E-state index contributed by atoms with van der Waals surface area (Å²) in [7, 11) is 1.51. The zero-order chi connectivity index (χ0) is 19.2. The lowest BCUT2D eigenvalue weighted by molar-refractivity contribution is 0.412. The summed E-state index contributed by atoms with van der Waals surface area (Å²) < 4.78 is 6.17. The molecule has 0 saturated heterocycles. The number of benzene rings is 1. The molecule has 2 N–H and O–H groups in total. The number of nitrogens with one attached hydrogen (secondary N) is 1. The molecular weight excluding hydrogens is 346 g/mol. The molecule has 0 atom stereocenters. The fraction of sp³-hybridized carbons (Fsp3) is 0.350. The van der Waals surface area contributed by atoms with Crippen molar-refractivity contribution < 1.29 is 9.84 Å². The van der Waals surface area contributed by atoms with Gasteiger partial charge in [-0.05, 0) is 44.2 Å². The number of rotatable bonds is 6. The molecule has 0 bridgehead atoms. The van der Waals surface area contributed by atoms with Gasteiger partial charge in [-0.15, -0.1) is 0 Å². The average Bonchev–Trinajstić information content (AvgIpc) is 2.68. The molecule has 0 amide bonds. The van der Waals surface area contributed by atoms with E-state index in [4.69, 9.17) is 4.74 Å². The first-order valence-electron chi connectivity index (χ1n) is 9.00. The van der Waals surface area contributed by atoms with Gasteiger partial charge in [-0.25, -0.2) is 9.36 Å². The van der Waals surface area contributed by atoms with Gasteiger partial charge in [0, 0.05) is 18.8 Å². The molecule has 0 unspecified atom stereocenters. The molecule has 2 aromatic rings. The monoisotopic (exact) mass is 369 g/mol. The third-order valence-corrected chi connectivity index (χ3v) is 4.60. The fourth-order valence-corrected chi connectivity index (χ4v) is 3.14. The Morgan fingerprint density at radius 1 is 1.33 bits per heavy atom. The zero-order valence-electron chi connectivity index (χ0n) is 15.3. The van der Waals surface area contributed by atoms with Gasteiger partial charge < -0.3 is 9.84 Å². The average molecular weight is 369 g/mol. The van der Waals surface area contributed by atoms with E-state index in [1.54, 1.807) is 24.3 Å². The number of H-pyrrole nitrogens is 1. The molecule has 0 spiro atoms. The van der Waals surface area contributed by atoms with Crippen molar-refractivity contribution in [2.45, 2.75) is 32.1 Å². The molecule has 3 rings (SSSR count). The number of aromatic amines is 1. The van der Waals surface area contributed by atoms with E-state index in [0.29, 0.717) is 18.0 Å². The van der Waals surface area contributed by atoms with Gasteiger partial charge in [0.2, 0.25) is 5.88 Å². The minimum absolute atomic E-state index is 0.0463.